The molecule has 0 bridgehead atoms. The predicted octanol–water partition coefficient (Wildman–Crippen LogP) is 0.645. The fourth-order valence-electron chi connectivity index (χ4n) is 2.17. The van der Waals surface area contributed by atoms with Crippen LogP contribution < -0.4 is 34.3 Å². The minimum absolute atomic E-state index is 0. The van der Waals surface area contributed by atoms with E-state index in [1.54, 1.807) is 0 Å². The summed E-state index contributed by atoms with van der Waals surface area (Å²) in [6.07, 6.45) is 0. The first kappa shape index (κ1) is 13.1. The molecule has 0 saturated heterocycles. The zero-order valence-electron chi connectivity index (χ0n) is 11.1. The Morgan fingerprint density at radius 3 is 2.22 bits per heavy atom. The Morgan fingerprint density at radius 1 is 0.889 bits per heavy atom. The summed E-state index contributed by atoms with van der Waals surface area (Å²) in [5.41, 5.74) is 0. The van der Waals surface area contributed by atoms with Gasteiger partial charge in [0.25, 0.3) is 6.47 Å². The molecule has 0 spiro atoms. The van der Waals surface area contributed by atoms with Gasteiger partial charge >= 0.3 is 29.6 Å². The molecule has 2 nitrogen and oxygen atoms in total. The summed E-state index contributed by atoms with van der Waals surface area (Å²) >= 11 is 0. The number of fused-ring (bicyclic) bond motifs is 3. The van der Waals surface area contributed by atoms with E-state index in [-0.39, 0.29) is 31.0 Å². The third-order valence-electron chi connectivity index (χ3n) is 2.91. The molecular formula is C15H11NaO2. The van der Waals surface area contributed by atoms with Gasteiger partial charge in [0.15, 0.2) is 0 Å². The second kappa shape index (κ2) is 5.53. The number of hydrogen-bond donors (Lipinski definition) is 0. The maximum atomic E-state index is 10.5. The van der Waals surface area contributed by atoms with Gasteiger partial charge < -0.3 is 6.16 Å². The van der Waals surface area contributed by atoms with E-state index in [1.165, 1.54) is 5.39 Å². The number of ether oxygens (including phenoxy) is 1. The van der Waals surface area contributed by atoms with Crippen molar-refractivity contribution < 1.29 is 40.5 Å². The van der Waals surface area contributed by atoms with Crippen LogP contribution in [0.3, 0.4) is 0 Å². The van der Waals surface area contributed by atoms with Gasteiger partial charge in [-0.2, -0.15) is 0 Å². The standard InChI is InChI=1S/C15H10O2.Na.H/c16-10-17-15-9-11-5-1-2-6-12(11)13-7-3-4-8-14(13)15;;/h1-10H;;/q;+1;-1. The third-order valence-corrected chi connectivity index (χ3v) is 2.91. The van der Waals surface area contributed by atoms with Crippen molar-refractivity contribution in [2.24, 2.45) is 0 Å². The Labute approximate surface area is 128 Å². The first-order valence-electron chi connectivity index (χ1n) is 5.41. The average Bonchev–Trinajstić information content (AvgIpc) is 2.39. The molecule has 0 heterocycles. The van der Waals surface area contributed by atoms with Crippen LogP contribution in [0.4, 0.5) is 0 Å². The SMILES string of the molecule is O=COc1cc2ccccc2c2ccccc12.[H-].[Na+]. The summed E-state index contributed by atoms with van der Waals surface area (Å²) in [7, 11) is 0. The maximum Gasteiger partial charge on any atom is 1.00 e. The van der Waals surface area contributed by atoms with E-state index in [2.05, 4.69) is 6.07 Å². The number of hydrogen-bond acceptors (Lipinski definition) is 2. The third kappa shape index (κ3) is 2.15. The van der Waals surface area contributed by atoms with Crippen LogP contribution in [0.1, 0.15) is 1.43 Å². The second-order valence-electron chi connectivity index (χ2n) is 3.86. The Kier molecular flexibility index (Phi) is 4.02. The Morgan fingerprint density at radius 2 is 1.50 bits per heavy atom. The number of carbonyl (C=O) groups excluding carboxylic acids is 1. The van der Waals surface area contributed by atoms with Crippen LogP contribution in [-0.4, -0.2) is 6.47 Å². The number of carbonyl (C=O) groups is 1. The number of benzene rings is 3. The van der Waals surface area contributed by atoms with Crippen molar-refractivity contribution in [1.29, 1.82) is 0 Å². The molecule has 18 heavy (non-hydrogen) atoms. The van der Waals surface area contributed by atoms with E-state index in [0.29, 0.717) is 12.2 Å². The molecule has 0 aliphatic rings. The molecule has 0 aliphatic heterocycles. The van der Waals surface area contributed by atoms with Gasteiger partial charge in [-0.25, -0.2) is 0 Å². The van der Waals surface area contributed by atoms with Gasteiger partial charge in [0.05, 0.1) is 0 Å². The zero-order valence-corrected chi connectivity index (χ0v) is 12.1. The second-order valence-corrected chi connectivity index (χ2v) is 3.86. The van der Waals surface area contributed by atoms with Crippen LogP contribution in [0.2, 0.25) is 0 Å². The average molecular weight is 246 g/mol. The Bertz CT molecular complexity index is 713. The van der Waals surface area contributed by atoms with Gasteiger partial charge in [0.2, 0.25) is 0 Å². The summed E-state index contributed by atoms with van der Waals surface area (Å²) in [4.78, 5) is 10.5. The van der Waals surface area contributed by atoms with E-state index in [9.17, 15) is 4.79 Å². The maximum absolute atomic E-state index is 10.5. The van der Waals surface area contributed by atoms with Crippen molar-refractivity contribution in [1.82, 2.24) is 0 Å². The van der Waals surface area contributed by atoms with Crippen molar-refractivity contribution in [3.63, 3.8) is 0 Å². The fraction of sp³-hybridized carbons (Fsp3) is 0. The molecule has 0 aromatic heterocycles. The number of rotatable bonds is 2. The molecule has 0 amide bonds. The molecule has 0 atom stereocenters. The van der Waals surface area contributed by atoms with Gasteiger partial charge in [0, 0.05) is 5.39 Å². The molecule has 3 rings (SSSR count). The van der Waals surface area contributed by atoms with Gasteiger partial charge in [-0.05, 0) is 22.2 Å². The van der Waals surface area contributed by atoms with Gasteiger partial charge in [-0.15, -0.1) is 0 Å². The van der Waals surface area contributed by atoms with E-state index in [0.717, 1.165) is 16.2 Å². The first-order chi connectivity index (χ1) is 8.40. The topological polar surface area (TPSA) is 26.3 Å². The summed E-state index contributed by atoms with van der Waals surface area (Å²) in [6, 6.07) is 17.9. The van der Waals surface area contributed by atoms with Crippen molar-refractivity contribution >= 4 is 28.0 Å². The van der Waals surface area contributed by atoms with E-state index < -0.39 is 0 Å². The fourth-order valence-corrected chi connectivity index (χ4v) is 2.17. The van der Waals surface area contributed by atoms with Crippen molar-refractivity contribution in [2.75, 3.05) is 0 Å². The molecule has 3 heteroatoms. The van der Waals surface area contributed by atoms with Crippen LogP contribution in [0.5, 0.6) is 5.75 Å². The smallest absolute Gasteiger partial charge is 1.00 e. The summed E-state index contributed by atoms with van der Waals surface area (Å²) in [6.45, 7) is 0.469. The first-order valence-corrected chi connectivity index (χ1v) is 5.41. The molecule has 0 N–H and O–H groups in total. The van der Waals surface area contributed by atoms with Gasteiger partial charge in [-0.3, -0.25) is 4.79 Å². The van der Waals surface area contributed by atoms with Gasteiger partial charge in [0.1, 0.15) is 5.75 Å². The summed E-state index contributed by atoms with van der Waals surface area (Å²) in [5.74, 6) is 0.606. The molecule has 84 valence electrons. The van der Waals surface area contributed by atoms with Crippen molar-refractivity contribution in [2.45, 2.75) is 0 Å². The quantitative estimate of drug-likeness (QED) is 0.377. The van der Waals surface area contributed by atoms with Crippen LogP contribution in [-0.2, 0) is 4.79 Å². The van der Waals surface area contributed by atoms with Gasteiger partial charge in [-0.1, -0.05) is 48.5 Å². The largest absolute Gasteiger partial charge is 1.00 e. The molecular weight excluding hydrogens is 235 g/mol. The van der Waals surface area contributed by atoms with Crippen LogP contribution in [0, 0.1) is 0 Å². The van der Waals surface area contributed by atoms with Crippen LogP contribution in [0.25, 0.3) is 21.5 Å². The van der Waals surface area contributed by atoms with Crippen LogP contribution >= 0.6 is 0 Å². The summed E-state index contributed by atoms with van der Waals surface area (Å²) < 4.78 is 5.05. The molecule has 0 radical (unpaired) electrons. The van der Waals surface area contributed by atoms with Crippen LogP contribution in [0.15, 0.2) is 54.6 Å². The van der Waals surface area contributed by atoms with Crippen molar-refractivity contribution in [3.8, 4) is 5.75 Å². The zero-order chi connectivity index (χ0) is 11.7. The minimum Gasteiger partial charge on any atom is -1.00 e. The van der Waals surface area contributed by atoms with Crippen molar-refractivity contribution in [3.05, 3.63) is 54.6 Å². The Hall–Kier alpha value is -1.35. The Balaban J connectivity index is 0.000000902. The summed E-state index contributed by atoms with van der Waals surface area (Å²) in [5, 5.41) is 4.30. The minimum atomic E-state index is 0. The predicted molar refractivity (Wildman–Crippen MR) is 69.3 cm³/mol. The molecule has 0 fully saturated rings. The van der Waals surface area contributed by atoms with E-state index in [4.69, 9.17) is 4.74 Å². The molecule has 3 aromatic carbocycles. The van der Waals surface area contributed by atoms with E-state index >= 15 is 0 Å². The van der Waals surface area contributed by atoms with E-state index in [1.807, 2.05) is 48.5 Å². The molecule has 0 aliphatic carbocycles. The normalized spacial score (nSPS) is 10.0. The molecule has 0 unspecified atom stereocenters. The monoisotopic (exact) mass is 246 g/mol. The molecule has 0 saturated carbocycles. The molecule has 3 aromatic rings.